The molecule has 4 rings (SSSR count). The first kappa shape index (κ1) is 22.1. The van der Waals surface area contributed by atoms with Gasteiger partial charge in [0.25, 0.3) is 5.91 Å². The van der Waals surface area contributed by atoms with E-state index in [2.05, 4.69) is 11.1 Å². The van der Waals surface area contributed by atoms with Crippen LogP contribution in [0.1, 0.15) is 34.5 Å². The summed E-state index contributed by atoms with van der Waals surface area (Å²) in [7, 11) is 1.63. The molecule has 6 heteroatoms. The Balaban J connectivity index is 1.91. The van der Waals surface area contributed by atoms with Crippen molar-refractivity contribution in [2.24, 2.45) is 0 Å². The second-order valence-corrected chi connectivity index (χ2v) is 8.48. The third-order valence-electron chi connectivity index (χ3n) is 5.53. The van der Waals surface area contributed by atoms with Crippen LogP contribution < -0.4 is 9.64 Å². The summed E-state index contributed by atoms with van der Waals surface area (Å²) in [6.07, 6.45) is 3.29. The number of benzene rings is 3. The Bertz CT molecular complexity index is 1290. The van der Waals surface area contributed by atoms with Crippen LogP contribution in [-0.4, -0.2) is 18.0 Å². The van der Waals surface area contributed by atoms with Gasteiger partial charge in [-0.3, -0.25) is 9.78 Å². The largest absolute Gasteiger partial charge is 0.496 e. The molecule has 1 amide bonds. The summed E-state index contributed by atoms with van der Waals surface area (Å²) in [5, 5.41) is 3.03. The lowest BCUT2D eigenvalue weighted by atomic mass is 9.98. The van der Waals surface area contributed by atoms with E-state index in [9.17, 15) is 4.79 Å². The maximum atomic E-state index is 13.8. The number of fused-ring (bicyclic) bond motifs is 1. The fourth-order valence-corrected chi connectivity index (χ4v) is 4.43. The zero-order valence-electron chi connectivity index (χ0n) is 18.0. The number of carbonyl (C=O) groups is 1. The zero-order chi connectivity index (χ0) is 22.8. The minimum Gasteiger partial charge on any atom is -0.496 e. The number of amides is 1. The average molecular weight is 465 g/mol. The van der Waals surface area contributed by atoms with E-state index in [1.807, 2.05) is 44.2 Å². The van der Waals surface area contributed by atoms with Gasteiger partial charge in [0, 0.05) is 39.3 Å². The predicted molar refractivity (Wildman–Crippen MR) is 131 cm³/mol. The van der Waals surface area contributed by atoms with Gasteiger partial charge >= 0.3 is 0 Å². The molecule has 0 aliphatic rings. The number of anilines is 1. The molecule has 1 atom stereocenters. The van der Waals surface area contributed by atoms with Gasteiger partial charge in [0.1, 0.15) is 5.75 Å². The fourth-order valence-electron chi connectivity index (χ4n) is 3.92. The van der Waals surface area contributed by atoms with E-state index in [1.165, 1.54) is 0 Å². The van der Waals surface area contributed by atoms with Crippen molar-refractivity contribution >= 4 is 45.6 Å². The van der Waals surface area contributed by atoms with Crippen LogP contribution in [0.4, 0.5) is 5.69 Å². The first-order valence-corrected chi connectivity index (χ1v) is 10.9. The number of hydrogen-bond acceptors (Lipinski definition) is 3. The van der Waals surface area contributed by atoms with Crippen molar-refractivity contribution in [2.45, 2.75) is 19.9 Å². The first-order valence-electron chi connectivity index (χ1n) is 10.2. The zero-order valence-corrected chi connectivity index (χ0v) is 19.5. The molecule has 162 valence electrons. The standard InChI is InChI=1S/C26H22Cl2N2O2/c1-16-15-29-9-8-23(16)26(31)30(22-13-20(27)12-21(28)14-22)17(2)24-10-18-6-4-5-7-19(18)11-25(24)32-3/h4-15,17H,1-3H3. The number of aryl methyl sites for hydroxylation is 1. The minimum absolute atomic E-state index is 0.175. The number of ether oxygens (including phenoxy) is 1. The molecule has 4 aromatic rings. The number of pyridine rings is 1. The lowest BCUT2D eigenvalue weighted by Crippen LogP contribution is -2.34. The van der Waals surface area contributed by atoms with Gasteiger partial charge in [-0.25, -0.2) is 0 Å². The van der Waals surface area contributed by atoms with Gasteiger partial charge in [-0.1, -0.05) is 47.5 Å². The second kappa shape index (κ2) is 9.19. The van der Waals surface area contributed by atoms with Crippen molar-refractivity contribution in [3.8, 4) is 5.75 Å². The van der Waals surface area contributed by atoms with Crippen LogP contribution in [0.25, 0.3) is 10.8 Å². The second-order valence-electron chi connectivity index (χ2n) is 7.61. The van der Waals surface area contributed by atoms with Gasteiger partial charge in [-0.15, -0.1) is 0 Å². The normalized spacial score (nSPS) is 11.9. The average Bonchev–Trinajstić information content (AvgIpc) is 2.77. The van der Waals surface area contributed by atoms with Crippen molar-refractivity contribution in [2.75, 3.05) is 12.0 Å². The van der Waals surface area contributed by atoms with Gasteiger partial charge < -0.3 is 9.64 Å². The molecule has 4 nitrogen and oxygen atoms in total. The topological polar surface area (TPSA) is 42.4 Å². The molecule has 0 saturated heterocycles. The van der Waals surface area contributed by atoms with Crippen LogP contribution >= 0.6 is 23.2 Å². The molecule has 0 saturated carbocycles. The van der Waals surface area contributed by atoms with Crippen molar-refractivity contribution in [1.82, 2.24) is 4.98 Å². The summed E-state index contributed by atoms with van der Waals surface area (Å²) < 4.78 is 5.72. The summed E-state index contributed by atoms with van der Waals surface area (Å²) in [5.74, 6) is 0.527. The van der Waals surface area contributed by atoms with Gasteiger partial charge in [0.2, 0.25) is 0 Å². The monoisotopic (exact) mass is 464 g/mol. The van der Waals surface area contributed by atoms with Crippen LogP contribution in [0.5, 0.6) is 5.75 Å². The third-order valence-corrected chi connectivity index (χ3v) is 5.97. The number of carbonyl (C=O) groups excluding carboxylic acids is 1. The Kier molecular flexibility index (Phi) is 6.35. The highest BCUT2D eigenvalue weighted by atomic mass is 35.5. The molecule has 32 heavy (non-hydrogen) atoms. The molecule has 0 fully saturated rings. The van der Waals surface area contributed by atoms with Gasteiger partial charge in [0.15, 0.2) is 0 Å². The summed E-state index contributed by atoms with van der Waals surface area (Å²) in [5.41, 5.74) is 2.82. The fraction of sp³-hybridized carbons (Fsp3) is 0.154. The quantitative estimate of drug-likeness (QED) is 0.311. The summed E-state index contributed by atoms with van der Waals surface area (Å²) in [4.78, 5) is 19.7. The molecular formula is C26H22Cl2N2O2. The number of rotatable bonds is 5. The van der Waals surface area contributed by atoms with Crippen LogP contribution in [0, 0.1) is 6.92 Å². The van der Waals surface area contributed by atoms with E-state index in [4.69, 9.17) is 27.9 Å². The third kappa shape index (κ3) is 4.29. The summed E-state index contributed by atoms with van der Waals surface area (Å²) >= 11 is 12.6. The van der Waals surface area contributed by atoms with E-state index >= 15 is 0 Å². The summed E-state index contributed by atoms with van der Waals surface area (Å²) in [6.45, 7) is 3.83. The smallest absolute Gasteiger partial charge is 0.259 e. The summed E-state index contributed by atoms with van der Waals surface area (Å²) in [6, 6.07) is 18.6. The molecular weight excluding hydrogens is 443 g/mol. The van der Waals surface area contributed by atoms with Crippen molar-refractivity contribution in [3.05, 3.63) is 99.8 Å². The highest BCUT2D eigenvalue weighted by Crippen LogP contribution is 2.38. The molecule has 1 unspecified atom stereocenters. The Hall–Kier alpha value is -3.08. The minimum atomic E-state index is -0.371. The van der Waals surface area contributed by atoms with E-state index in [0.717, 1.165) is 21.9 Å². The van der Waals surface area contributed by atoms with Gasteiger partial charge in [0.05, 0.1) is 13.2 Å². The Morgan fingerprint density at radius 3 is 2.28 bits per heavy atom. The Labute approximate surface area is 197 Å². The van der Waals surface area contributed by atoms with E-state index in [0.29, 0.717) is 27.0 Å². The molecule has 1 aromatic heterocycles. The number of nitrogens with zero attached hydrogens (tertiary/aromatic N) is 2. The number of hydrogen-bond donors (Lipinski definition) is 0. The van der Waals surface area contributed by atoms with Crippen molar-refractivity contribution < 1.29 is 9.53 Å². The Morgan fingerprint density at radius 1 is 1.00 bits per heavy atom. The molecule has 0 N–H and O–H groups in total. The highest BCUT2D eigenvalue weighted by Gasteiger charge is 2.28. The first-order chi connectivity index (χ1) is 15.4. The Morgan fingerprint density at radius 2 is 1.66 bits per heavy atom. The van der Waals surface area contributed by atoms with Gasteiger partial charge in [-0.2, -0.15) is 0 Å². The molecule has 0 bridgehead atoms. The number of aromatic nitrogens is 1. The predicted octanol–water partition coefficient (Wildman–Crippen LogP) is 7.27. The molecule has 0 radical (unpaired) electrons. The number of methoxy groups -OCH3 is 1. The van der Waals surface area contributed by atoms with E-state index in [1.54, 1.807) is 48.7 Å². The lowest BCUT2D eigenvalue weighted by Gasteiger charge is -2.31. The van der Waals surface area contributed by atoms with Crippen molar-refractivity contribution in [3.63, 3.8) is 0 Å². The highest BCUT2D eigenvalue weighted by molar-refractivity contribution is 6.35. The van der Waals surface area contributed by atoms with Crippen LogP contribution in [0.2, 0.25) is 10.0 Å². The van der Waals surface area contributed by atoms with Crippen LogP contribution in [-0.2, 0) is 0 Å². The molecule has 0 spiro atoms. The van der Waals surface area contributed by atoms with Crippen LogP contribution in [0.3, 0.4) is 0 Å². The van der Waals surface area contributed by atoms with Gasteiger partial charge in [-0.05, 0) is 66.6 Å². The van der Waals surface area contributed by atoms with E-state index in [-0.39, 0.29) is 11.9 Å². The molecule has 3 aromatic carbocycles. The maximum absolute atomic E-state index is 13.8. The molecule has 0 aliphatic carbocycles. The molecule has 1 heterocycles. The SMILES string of the molecule is COc1cc2ccccc2cc1C(C)N(C(=O)c1ccncc1C)c1cc(Cl)cc(Cl)c1. The lowest BCUT2D eigenvalue weighted by molar-refractivity contribution is 0.0977. The number of halogens is 2. The van der Waals surface area contributed by atoms with Crippen molar-refractivity contribution in [1.29, 1.82) is 0 Å². The van der Waals surface area contributed by atoms with Crippen LogP contribution in [0.15, 0.2) is 73.1 Å². The maximum Gasteiger partial charge on any atom is 0.259 e. The van der Waals surface area contributed by atoms with E-state index < -0.39 is 0 Å². The molecule has 0 aliphatic heterocycles.